The molecule has 1 aliphatic rings. The molecule has 2 heterocycles. The molecule has 0 N–H and O–H groups in total. The van der Waals surface area contributed by atoms with Gasteiger partial charge < -0.3 is 4.74 Å². The zero-order chi connectivity index (χ0) is 15.7. The van der Waals surface area contributed by atoms with E-state index in [0.29, 0.717) is 6.61 Å². The van der Waals surface area contributed by atoms with Gasteiger partial charge in [0.15, 0.2) is 5.82 Å². The van der Waals surface area contributed by atoms with Crippen LogP contribution in [0.25, 0.3) is 11.4 Å². The van der Waals surface area contributed by atoms with E-state index in [4.69, 9.17) is 14.7 Å². The minimum atomic E-state index is -0.153. The van der Waals surface area contributed by atoms with Crippen LogP contribution in [0.1, 0.15) is 37.6 Å². The topological polar surface area (TPSA) is 35.0 Å². The summed E-state index contributed by atoms with van der Waals surface area (Å²) < 4.78 is 5.95. The fourth-order valence-electron chi connectivity index (χ4n) is 2.61. The van der Waals surface area contributed by atoms with Crippen molar-refractivity contribution in [2.24, 2.45) is 0 Å². The van der Waals surface area contributed by atoms with Crippen molar-refractivity contribution in [2.45, 2.75) is 51.3 Å². The third-order valence-corrected chi connectivity index (χ3v) is 4.75. The quantitative estimate of drug-likeness (QED) is 0.621. The van der Waals surface area contributed by atoms with Gasteiger partial charge >= 0.3 is 0 Å². The number of hydrogen-bond acceptors (Lipinski definition) is 4. The van der Waals surface area contributed by atoms with Crippen LogP contribution in [0.5, 0.6) is 0 Å². The lowest BCUT2D eigenvalue weighted by Gasteiger charge is -2.32. The molecule has 0 aliphatic carbocycles. The summed E-state index contributed by atoms with van der Waals surface area (Å²) in [6, 6.07) is 8.42. The van der Waals surface area contributed by atoms with E-state index in [0.717, 1.165) is 34.3 Å². The molecule has 0 fully saturated rings. The van der Waals surface area contributed by atoms with E-state index >= 15 is 0 Å². The maximum atomic E-state index is 5.95. The summed E-state index contributed by atoms with van der Waals surface area (Å²) in [5.41, 5.74) is 4.48. The predicted octanol–water partition coefficient (Wildman–Crippen LogP) is 4.42. The van der Waals surface area contributed by atoms with Crippen molar-refractivity contribution in [2.75, 3.05) is 5.75 Å². The molecule has 22 heavy (non-hydrogen) atoms. The molecule has 0 unspecified atom stereocenters. The Hall–Kier alpha value is -1.39. The highest BCUT2D eigenvalue weighted by Crippen LogP contribution is 2.33. The van der Waals surface area contributed by atoms with Gasteiger partial charge in [-0.15, -0.1) is 11.8 Å². The number of hydrogen-bond donors (Lipinski definition) is 0. The van der Waals surface area contributed by atoms with Crippen LogP contribution in [0.3, 0.4) is 0 Å². The third-order valence-electron chi connectivity index (χ3n) is 3.85. The van der Waals surface area contributed by atoms with Crippen LogP contribution in [0.15, 0.2) is 29.3 Å². The Morgan fingerprint density at radius 1 is 1.18 bits per heavy atom. The first-order valence-corrected chi connectivity index (χ1v) is 8.70. The summed E-state index contributed by atoms with van der Waals surface area (Å²) in [7, 11) is 0. The second kappa shape index (κ2) is 6.01. The zero-order valence-electron chi connectivity index (χ0n) is 13.6. The minimum Gasteiger partial charge on any atom is -0.370 e. The molecule has 0 saturated heterocycles. The van der Waals surface area contributed by atoms with E-state index in [2.05, 4.69) is 52.0 Å². The van der Waals surface area contributed by atoms with E-state index in [1.165, 1.54) is 11.1 Å². The number of rotatable bonds is 3. The monoisotopic (exact) mass is 314 g/mol. The van der Waals surface area contributed by atoms with Crippen LogP contribution in [0.4, 0.5) is 0 Å². The SMILES string of the molecule is CCSc1nc(-c2ccc(C)cc2)nc2c1COC(C)(C)C2. The molecule has 4 heteroatoms. The minimum absolute atomic E-state index is 0.153. The Balaban J connectivity index is 2.08. The smallest absolute Gasteiger partial charge is 0.160 e. The largest absolute Gasteiger partial charge is 0.370 e. The fourth-order valence-corrected chi connectivity index (χ4v) is 3.38. The zero-order valence-corrected chi connectivity index (χ0v) is 14.5. The predicted molar refractivity (Wildman–Crippen MR) is 91.2 cm³/mol. The number of ether oxygens (including phenoxy) is 1. The molecule has 1 aromatic carbocycles. The Kier molecular flexibility index (Phi) is 4.24. The Morgan fingerprint density at radius 2 is 1.91 bits per heavy atom. The summed E-state index contributed by atoms with van der Waals surface area (Å²) in [5.74, 6) is 1.83. The highest BCUT2D eigenvalue weighted by atomic mass is 32.2. The average molecular weight is 314 g/mol. The van der Waals surface area contributed by atoms with E-state index in [1.54, 1.807) is 11.8 Å². The second-order valence-corrected chi connectivity index (χ2v) is 7.55. The highest BCUT2D eigenvalue weighted by molar-refractivity contribution is 7.99. The summed E-state index contributed by atoms with van der Waals surface area (Å²) in [5, 5.41) is 1.07. The van der Waals surface area contributed by atoms with Gasteiger partial charge in [0.1, 0.15) is 5.03 Å². The van der Waals surface area contributed by atoms with Crippen molar-refractivity contribution >= 4 is 11.8 Å². The van der Waals surface area contributed by atoms with Crippen molar-refractivity contribution in [3.63, 3.8) is 0 Å². The number of benzene rings is 1. The normalized spacial score (nSPS) is 16.4. The summed E-state index contributed by atoms with van der Waals surface area (Å²) in [4.78, 5) is 9.64. The van der Waals surface area contributed by atoms with Crippen molar-refractivity contribution in [3.8, 4) is 11.4 Å². The molecule has 0 amide bonds. The van der Waals surface area contributed by atoms with Crippen LogP contribution in [-0.4, -0.2) is 21.3 Å². The average Bonchev–Trinajstić information content (AvgIpc) is 2.46. The molecule has 2 aromatic rings. The molecular formula is C18H22N2OS. The molecule has 1 aliphatic heterocycles. The van der Waals surface area contributed by atoms with Gasteiger partial charge in [-0.25, -0.2) is 9.97 Å². The Labute approximate surface area is 136 Å². The van der Waals surface area contributed by atoms with Crippen LogP contribution >= 0.6 is 11.8 Å². The standard InChI is InChI=1S/C18H22N2OS/c1-5-22-17-14-11-21-18(3,4)10-15(14)19-16(20-17)13-8-6-12(2)7-9-13/h6-9H,5,10-11H2,1-4H3. The van der Waals surface area contributed by atoms with Gasteiger partial charge in [0.2, 0.25) is 0 Å². The lowest BCUT2D eigenvalue weighted by Crippen LogP contribution is -2.33. The van der Waals surface area contributed by atoms with Gasteiger partial charge in [-0.3, -0.25) is 0 Å². The van der Waals surface area contributed by atoms with E-state index < -0.39 is 0 Å². The number of thioether (sulfide) groups is 1. The molecule has 3 nitrogen and oxygen atoms in total. The highest BCUT2D eigenvalue weighted by Gasteiger charge is 2.29. The molecule has 116 valence electrons. The molecule has 0 bridgehead atoms. The second-order valence-electron chi connectivity index (χ2n) is 6.30. The van der Waals surface area contributed by atoms with Crippen molar-refractivity contribution < 1.29 is 4.74 Å². The summed E-state index contributed by atoms with van der Waals surface area (Å²) in [6.07, 6.45) is 0.834. The first-order chi connectivity index (χ1) is 10.5. The van der Waals surface area contributed by atoms with Crippen LogP contribution < -0.4 is 0 Å². The molecule has 0 atom stereocenters. The maximum Gasteiger partial charge on any atom is 0.160 e. The van der Waals surface area contributed by atoms with Crippen LogP contribution in [0.2, 0.25) is 0 Å². The number of aromatic nitrogens is 2. The lowest BCUT2D eigenvalue weighted by molar-refractivity contribution is -0.0428. The Morgan fingerprint density at radius 3 is 2.59 bits per heavy atom. The van der Waals surface area contributed by atoms with Crippen LogP contribution in [-0.2, 0) is 17.8 Å². The number of fused-ring (bicyclic) bond motifs is 1. The van der Waals surface area contributed by atoms with Gasteiger partial charge in [-0.05, 0) is 26.5 Å². The van der Waals surface area contributed by atoms with E-state index in [9.17, 15) is 0 Å². The van der Waals surface area contributed by atoms with E-state index in [-0.39, 0.29) is 5.60 Å². The first kappa shape index (κ1) is 15.5. The molecule has 0 spiro atoms. The molecular weight excluding hydrogens is 292 g/mol. The lowest BCUT2D eigenvalue weighted by atomic mass is 9.96. The maximum absolute atomic E-state index is 5.95. The number of aryl methyl sites for hydroxylation is 1. The van der Waals surface area contributed by atoms with Gasteiger partial charge in [0.05, 0.1) is 17.9 Å². The first-order valence-electron chi connectivity index (χ1n) is 7.72. The van der Waals surface area contributed by atoms with Gasteiger partial charge in [-0.1, -0.05) is 36.8 Å². The Bertz CT molecular complexity index is 680. The third kappa shape index (κ3) is 3.18. The molecule has 0 saturated carbocycles. The number of nitrogens with zero attached hydrogens (tertiary/aromatic N) is 2. The van der Waals surface area contributed by atoms with Crippen molar-refractivity contribution in [3.05, 3.63) is 41.1 Å². The molecule has 1 aromatic heterocycles. The van der Waals surface area contributed by atoms with Gasteiger partial charge in [0, 0.05) is 17.5 Å². The summed E-state index contributed by atoms with van der Waals surface area (Å²) in [6.45, 7) is 9.10. The summed E-state index contributed by atoms with van der Waals surface area (Å²) >= 11 is 1.77. The van der Waals surface area contributed by atoms with Crippen molar-refractivity contribution in [1.82, 2.24) is 9.97 Å². The van der Waals surface area contributed by atoms with Gasteiger partial charge in [0.25, 0.3) is 0 Å². The van der Waals surface area contributed by atoms with Gasteiger partial charge in [-0.2, -0.15) is 0 Å². The van der Waals surface area contributed by atoms with E-state index in [1.807, 2.05) is 0 Å². The molecule has 3 rings (SSSR count). The fraction of sp³-hybridized carbons (Fsp3) is 0.444. The van der Waals surface area contributed by atoms with Crippen LogP contribution in [0, 0.1) is 6.92 Å². The van der Waals surface area contributed by atoms with Crippen molar-refractivity contribution in [1.29, 1.82) is 0 Å². The molecule has 0 radical (unpaired) electrons.